The third-order valence-corrected chi connectivity index (χ3v) is 3.08. The number of nitrogens with two attached hydrogens (primary N) is 2. The van der Waals surface area contributed by atoms with Gasteiger partial charge < -0.3 is 25.7 Å². The lowest BCUT2D eigenvalue weighted by atomic mass is 10.0. The lowest BCUT2D eigenvalue weighted by Crippen LogP contribution is -2.12. The summed E-state index contributed by atoms with van der Waals surface area (Å²) in [5, 5.41) is 0. The van der Waals surface area contributed by atoms with Crippen molar-refractivity contribution in [1.82, 2.24) is 0 Å². The van der Waals surface area contributed by atoms with Crippen LogP contribution >= 0.6 is 12.4 Å². The standard InChI is InChI=1S/C14H24N2O3.ClH/c1-17-12-8-10(11(16)6-4-5-7-15)9-13(18-2)14(12)19-3;/h8-9,11H,4-7,15-16H2,1-3H3;1H/t11-;/m1./s1. The van der Waals surface area contributed by atoms with Gasteiger partial charge in [0.2, 0.25) is 5.75 Å². The number of hydrogen-bond donors (Lipinski definition) is 2. The third kappa shape index (κ3) is 4.74. The van der Waals surface area contributed by atoms with E-state index in [2.05, 4.69) is 0 Å². The highest BCUT2D eigenvalue weighted by Crippen LogP contribution is 2.39. The molecule has 0 spiro atoms. The second kappa shape index (κ2) is 9.69. The first kappa shape index (κ1) is 18.8. The molecule has 6 heteroatoms. The summed E-state index contributed by atoms with van der Waals surface area (Å²) in [7, 11) is 4.78. The molecule has 1 rings (SSSR count). The number of methoxy groups -OCH3 is 3. The molecule has 0 amide bonds. The Balaban J connectivity index is 0.00000361. The summed E-state index contributed by atoms with van der Waals surface area (Å²) < 4.78 is 15.9. The zero-order chi connectivity index (χ0) is 14.3. The van der Waals surface area contributed by atoms with Crippen LogP contribution < -0.4 is 25.7 Å². The molecular formula is C14H25ClN2O3. The zero-order valence-corrected chi connectivity index (χ0v) is 13.2. The molecule has 0 heterocycles. The lowest BCUT2D eigenvalue weighted by Gasteiger charge is -2.17. The smallest absolute Gasteiger partial charge is 0.203 e. The van der Waals surface area contributed by atoms with Gasteiger partial charge in [0.1, 0.15) is 0 Å². The average Bonchev–Trinajstić information content (AvgIpc) is 2.45. The first-order valence-corrected chi connectivity index (χ1v) is 6.43. The fourth-order valence-electron chi connectivity index (χ4n) is 1.99. The van der Waals surface area contributed by atoms with Gasteiger partial charge >= 0.3 is 0 Å². The van der Waals surface area contributed by atoms with E-state index < -0.39 is 0 Å². The fourth-order valence-corrected chi connectivity index (χ4v) is 1.99. The van der Waals surface area contributed by atoms with Crippen molar-refractivity contribution >= 4 is 12.4 Å². The van der Waals surface area contributed by atoms with Gasteiger partial charge in [-0.05, 0) is 37.1 Å². The molecule has 0 aromatic heterocycles. The van der Waals surface area contributed by atoms with Gasteiger partial charge in [-0.25, -0.2) is 0 Å². The Morgan fingerprint density at radius 3 is 1.95 bits per heavy atom. The van der Waals surface area contributed by atoms with Crippen molar-refractivity contribution < 1.29 is 14.2 Å². The summed E-state index contributed by atoms with van der Waals surface area (Å²) in [6, 6.07) is 3.74. The molecule has 116 valence electrons. The maximum atomic E-state index is 6.18. The minimum Gasteiger partial charge on any atom is -0.493 e. The average molecular weight is 305 g/mol. The molecule has 0 unspecified atom stereocenters. The number of hydrogen-bond acceptors (Lipinski definition) is 5. The molecule has 0 fully saturated rings. The van der Waals surface area contributed by atoms with Crippen molar-refractivity contribution in [3.05, 3.63) is 17.7 Å². The van der Waals surface area contributed by atoms with Gasteiger partial charge in [0.25, 0.3) is 0 Å². The van der Waals surface area contributed by atoms with Gasteiger partial charge in [0, 0.05) is 6.04 Å². The quantitative estimate of drug-likeness (QED) is 0.720. The molecule has 1 aromatic carbocycles. The molecule has 0 aliphatic rings. The zero-order valence-electron chi connectivity index (χ0n) is 12.3. The molecule has 0 radical (unpaired) electrons. The van der Waals surface area contributed by atoms with Crippen LogP contribution in [0.2, 0.25) is 0 Å². The van der Waals surface area contributed by atoms with E-state index in [9.17, 15) is 0 Å². The molecule has 0 aliphatic heterocycles. The normalized spacial score (nSPS) is 11.4. The predicted molar refractivity (Wildman–Crippen MR) is 83.2 cm³/mol. The van der Waals surface area contributed by atoms with Crippen LogP contribution in [-0.4, -0.2) is 27.9 Å². The Morgan fingerprint density at radius 1 is 1.00 bits per heavy atom. The summed E-state index contributed by atoms with van der Waals surface area (Å²) in [6.07, 6.45) is 2.88. The summed E-state index contributed by atoms with van der Waals surface area (Å²) in [6.45, 7) is 0.696. The number of halogens is 1. The van der Waals surface area contributed by atoms with Gasteiger partial charge in [-0.2, -0.15) is 0 Å². The second-order valence-electron chi connectivity index (χ2n) is 4.35. The van der Waals surface area contributed by atoms with E-state index in [1.54, 1.807) is 21.3 Å². The molecular weight excluding hydrogens is 280 g/mol. The summed E-state index contributed by atoms with van der Waals surface area (Å²) in [5.74, 6) is 1.85. The van der Waals surface area contributed by atoms with Crippen LogP contribution in [0, 0.1) is 0 Å². The molecule has 0 saturated heterocycles. The summed E-state index contributed by atoms with van der Waals surface area (Å²) in [4.78, 5) is 0. The maximum Gasteiger partial charge on any atom is 0.203 e. The van der Waals surface area contributed by atoms with Crippen molar-refractivity contribution in [1.29, 1.82) is 0 Å². The molecule has 0 aliphatic carbocycles. The molecule has 4 N–H and O–H groups in total. The van der Waals surface area contributed by atoms with E-state index in [-0.39, 0.29) is 18.4 Å². The van der Waals surface area contributed by atoms with Crippen LogP contribution in [0.15, 0.2) is 12.1 Å². The van der Waals surface area contributed by atoms with Crippen molar-refractivity contribution in [2.75, 3.05) is 27.9 Å². The van der Waals surface area contributed by atoms with Crippen LogP contribution in [0.1, 0.15) is 30.9 Å². The van der Waals surface area contributed by atoms with Crippen LogP contribution in [0.5, 0.6) is 17.2 Å². The Hall–Kier alpha value is -1.17. The van der Waals surface area contributed by atoms with Crippen molar-refractivity contribution in [2.45, 2.75) is 25.3 Å². The number of unbranched alkanes of at least 4 members (excludes halogenated alkanes) is 1. The molecule has 0 bridgehead atoms. The molecule has 1 aromatic rings. The van der Waals surface area contributed by atoms with E-state index in [1.165, 1.54) is 0 Å². The largest absolute Gasteiger partial charge is 0.493 e. The van der Waals surface area contributed by atoms with Gasteiger partial charge in [-0.3, -0.25) is 0 Å². The lowest BCUT2D eigenvalue weighted by molar-refractivity contribution is 0.323. The molecule has 0 saturated carbocycles. The van der Waals surface area contributed by atoms with E-state index in [4.69, 9.17) is 25.7 Å². The predicted octanol–water partition coefficient (Wildman–Crippen LogP) is 2.26. The van der Waals surface area contributed by atoms with Gasteiger partial charge in [-0.1, -0.05) is 6.42 Å². The van der Waals surface area contributed by atoms with E-state index in [1.807, 2.05) is 12.1 Å². The summed E-state index contributed by atoms with van der Waals surface area (Å²) >= 11 is 0. The van der Waals surface area contributed by atoms with E-state index >= 15 is 0 Å². The second-order valence-corrected chi connectivity index (χ2v) is 4.35. The monoisotopic (exact) mass is 304 g/mol. The van der Waals surface area contributed by atoms with Crippen LogP contribution in [0.25, 0.3) is 0 Å². The highest BCUT2D eigenvalue weighted by molar-refractivity contribution is 5.85. The van der Waals surface area contributed by atoms with Crippen LogP contribution in [0.3, 0.4) is 0 Å². The highest BCUT2D eigenvalue weighted by atomic mass is 35.5. The van der Waals surface area contributed by atoms with E-state index in [0.717, 1.165) is 24.8 Å². The SMILES string of the molecule is COc1cc([C@H](N)CCCCN)cc(OC)c1OC.Cl. The minimum absolute atomic E-state index is 0. The van der Waals surface area contributed by atoms with Crippen molar-refractivity contribution in [2.24, 2.45) is 11.5 Å². The van der Waals surface area contributed by atoms with Gasteiger partial charge in [0.15, 0.2) is 11.5 Å². The topological polar surface area (TPSA) is 79.7 Å². The maximum absolute atomic E-state index is 6.18. The molecule has 5 nitrogen and oxygen atoms in total. The van der Waals surface area contributed by atoms with Crippen LogP contribution in [-0.2, 0) is 0 Å². The molecule has 20 heavy (non-hydrogen) atoms. The summed E-state index contributed by atoms with van der Waals surface area (Å²) in [5.41, 5.74) is 12.6. The Bertz CT molecular complexity index is 377. The fraction of sp³-hybridized carbons (Fsp3) is 0.571. The number of ether oxygens (including phenoxy) is 3. The first-order chi connectivity index (χ1) is 9.17. The third-order valence-electron chi connectivity index (χ3n) is 3.08. The highest BCUT2D eigenvalue weighted by Gasteiger charge is 2.16. The first-order valence-electron chi connectivity index (χ1n) is 6.43. The van der Waals surface area contributed by atoms with Crippen molar-refractivity contribution in [3.63, 3.8) is 0 Å². The van der Waals surface area contributed by atoms with Crippen LogP contribution in [0.4, 0.5) is 0 Å². The molecule has 1 atom stereocenters. The van der Waals surface area contributed by atoms with Crippen molar-refractivity contribution in [3.8, 4) is 17.2 Å². The Morgan fingerprint density at radius 2 is 1.55 bits per heavy atom. The number of benzene rings is 1. The Kier molecular flexibility index (Phi) is 9.12. The van der Waals surface area contributed by atoms with Gasteiger partial charge in [-0.15, -0.1) is 12.4 Å². The number of rotatable bonds is 8. The Labute approximate surface area is 127 Å². The minimum atomic E-state index is -0.0553. The van der Waals surface area contributed by atoms with E-state index in [0.29, 0.717) is 23.8 Å². The van der Waals surface area contributed by atoms with Gasteiger partial charge in [0.05, 0.1) is 21.3 Å².